The predicted molar refractivity (Wildman–Crippen MR) is 85.0 cm³/mol. The smallest absolute Gasteiger partial charge is 0.223 e. The summed E-state index contributed by atoms with van der Waals surface area (Å²) in [6.45, 7) is 2.84. The van der Waals surface area contributed by atoms with Crippen molar-refractivity contribution < 1.29 is 9.18 Å². The lowest BCUT2D eigenvalue weighted by Gasteiger charge is -2.27. The summed E-state index contributed by atoms with van der Waals surface area (Å²) in [6.07, 6.45) is 6.85. The molecule has 0 N–H and O–H groups in total. The maximum absolute atomic E-state index is 13.5. The van der Waals surface area contributed by atoms with Gasteiger partial charge in [0.25, 0.3) is 0 Å². The monoisotopic (exact) mass is 313 g/mol. The fourth-order valence-corrected chi connectivity index (χ4v) is 3.26. The molecule has 0 spiro atoms. The highest BCUT2D eigenvalue weighted by Gasteiger charge is 2.35. The standard InChI is InChI=1S/C18H20FN3O/c1-13-7-10-22(18(13)14-3-2-4-15(19)11-14)17(23)6-5-16-12-20-8-9-21-16/h2-4,8-9,11-13,18H,5-7,10H2,1H3/t13-,18+/m0/s1. The highest BCUT2D eigenvalue weighted by atomic mass is 19.1. The number of halogens is 1. The summed E-state index contributed by atoms with van der Waals surface area (Å²) in [6, 6.07) is 6.54. The lowest BCUT2D eigenvalue weighted by molar-refractivity contribution is -0.132. The van der Waals surface area contributed by atoms with E-state index in [2.05, 4.69) is 16.9 Å². The Bertz CT molecular complexity index is 677. The largest absolute Gasteiger partial charge is 0.335 e. The first kappa shape index (κ1) is 15.6. The molecule has 2 heterocycles. The van der Waals surface area contributed by atoms with Gasteiger partial charge in [-0.2, -0.15) is 0 Å². The first-order chi connectivity index (χ1) is 11.1. The van der Waals surface area contributed by atoms with E-state index in [1.165, 1.54) is 12.1 Å². The SMILES string of the molecule is C[C@H]1CCN(C(=O)CCc2cnccn2)[C@H]1c1cccc(F)c1. The topological polar surface area (TPSA) is 46.1 Å². The molecule has 1 aromatic carbocycles. The number of benzene rings is 1. The highest BCUT2D eigenvalue weighted by molar-refractivity contribution is 5.77. The summed E-state index contributed by atoms with van der Waals surface area (Å²) in [4.78, 5) is 22.7. The van der Waals surface area contributed by atoms with Crippen LogP contribution in [-0.2, 0) is 11.2 Å². The molecule has 0 aliphatic carbocycles. The van der Waals surface area contributed by atoms with Gasteiger partial charge in [0.2, 0.25) is 5.91 Å². The van der Waals surface area contributed by atoms with Crippen molar-refractivity contribution in [2.24, 2.45) is 5.92 Å². The highest BCUT2D eigenvalue weighted by Crippen LogP contribution is 2.37. The molecular formula is C18H20FN3O. The summed E-state index contributed by atoms with van der Waals surface area (Å²) in [5.74, 6) is 0.167. The second kappa shape index (κ2) is 6.86. The molecule has 1 fully saturated rings. The molecule has 1 amide bonds. The van der Waals surface area contributed by atoms with Crippen LogP contribution in [0.4, 0.5) is 4.39 Å². The van der Waals surface area contributed by atoms with Crippen LogP contribution in [0.1, 0.15) is 37.1 Å². The molecule has 120 valence electrons. The Kier molecular flexibility index (Phi) is 4.65. The zero-order chi connectivity index (χ0) is 16.2. The minimum Gasteiger partial charge on any atom is -0.335 e. The quantitative estimate of drug-likeness (QED) is 0.871. The summed E-state index contributed by atoms with van der Waals surface area (Å²) >= 11 is 0. The second-order valence-corrected chi connectivity index (χ2v) is 6.05. The lowest BCUT2D eigenvalue weighted by atomic mass is 9.95. The molecule has 4 nitrogen and oxygen atoms in total. The maximum atomic E-state index is 13.5. The summed E-state index contributed by atoms with van der Waals surface area (Å²) in [5.41, 5.74) is 1.69. The number of carbonyl (C=O) groups is 1. The van der Waals surface area contributed by atoms with Gasteiger partial charge >= 0.3 is 0 Å². The van der Waals surface area contributed by atoms with Crippen molar-refractivity contribution in [3.63, 3.8) is 0 Å². The predicted octanol–water partition coefficient (Wildman–Crippen LogP) is 3.16. The lowest BCUT2D eigenvalue weighted by Crippen LogP contribution is -2.32. The van der Waals surface area contributed by atoms with Crippen LogP contribution < -0.4 is 0 Å². The number of rotatable bonds is 4. The van der Waals surface area contributed by atoms with Crippen LogP contribution in [0.2, 0.25) is 0 Å². The van der Waals surface area contributed by atoms with Gasteiger partial charge in [0, 0.05) is 31.6 Å². The van der Waals surface area contributed by atoms with Crippen molar-refractivity contribution in [1.29, 1.82) is 0 Å². The number of aryl methyl sites for hydroxylation is 1. The normalized spacial score (nSPS) is 20.7. The number of nitrogens with zero attached hydrogens (tertiary/aromatic N) is 3. The van der Waals surface area contributed by atoms with Gasteiger partial charge in [0.05, 0.1) is 11.7 Å². The van der Waals surface area contributed by atoms with Gasteiger partial charge in [-0.3, -0.25) is 14.8 Å². The van der Waals surface area contributed by atoms with Crippen molar-refractivity contribution in [2.75, 3.05) is 6.54 Å². The molecular weight excluding hydrogens is 293 g/mol. The van der Waals surface area contributed by atoms with Crippen molar-refractivity contribution in [3.8, 4) is 0 Å². The molecule has 1 saturated heterocycles. The van der Waals surface area contributed by atoms with Gasteiger partial charge < -0.3 is 4.90 Å². The van der Waals surface area contributed by atoms with Crippen molar-refractivity contribution >= 4 is 5.91 Å². The van der Waals surface area contributed by atoms with E-state index in [1.54, 1.807) is 24.7 Å². The van der Waals surface area contributed by atoms with Crippen molar-refractivity contribution in [1.82, 2.24) is 14.9 Å². The van der Waals surface area contributed by atoms with E-state index in [0.717, 1.165) is 24.2 Å². The first-order valence-corrected chi connectivity index (χ1v) is 7.95. The van der Waals surface area contributed by atoms with Gasteiger partial charge in [0.15, 0.2) is 0 Å². The Labute approximate surface area is 135 Å². The third-order valence-electron chi connectivity index (χ3n) is 4.42. The van der Waals surface area contributed by atoms with E-state index in [-0.39, 0.29) is 17.8 Å². The van der Waals surface area contributed by atoms with Gasteiger partial charge in [-0.1, -0.05) is 19.1 Å². The minimum atomic E-state index is -0.256. The molecule has 0 radical (unpaired) electrons. The molecule has 3 rings (SSSR count). The zero-order valence-electron chi connectivity index (χ0n) is 13.2. The third-order valence-corrected chi connectivity index (χ3v) is 4.42. The van der Waals surface area contributed by atoms with Gasteiger partial charge in [-0.15, -0.1) is 0 Å². The molecule has 1 aliphatic heterocycles. The second-order valence-electron chi connectivity index (χ2n) is 6.05. The molecule has 2 aromatic rings. The van der Waals surface area contributed by atoms with Crippen LogP contribution in [0.5, 0.6) is 0 Å². The van der Waals surface area contributed by atoms with E-state index in [0.29, 0.717) is 18.8 Å². The van der Waals surface area contributed by atoms with Crippen LogP contribution in [-0.4, -0.2) is 27.3 Å². The number of aromatic nitrogens is 2. The van der Waals surface area contributed by atoms with E-state index in [9.17, 15) is 9.18 Å². The van der Waals surface area contributed by atoms with Crippen LogP contribution in [0.15, 0.2) is 42.9 Å². The number of hydrogen-bond acceptors (Lipinski definition) is 3. The Morgan fingerprint density at radius 3 is 3.00 bits per heavy atom. The summed E-state index contributed by atoms with van der Waals surface area (Å²) < 4.78 is 13.5. The summed E-state index contributed by atoms with van der Waals surface area (Å²) in [7, 11) is 0. The fourth-order valence-electron chi connectivity index (χ4n) is 3.26. The molecule has 23 heavy (non-hydrogen) atoms. The minimum absolute atomic E-state index is 0.0416. The number of hydrogen-bond donors (Lipinski definition) is 0. The van der Waals surface area contributed by atoms with E-state index in [1.807, 2.05) is 11.0 Å². The Hall–Kier alpha value is -2.30. The zero-order valence-corrected chi connectivity index (χ0v) is 13.2. The van der Waals surface area contributed by atoms with Crippen LogP contribution in [0.25, 0.3) is 0 Å². The number of likely N-dealkylation sites (tertiary alicyclic amines) is 1. The third kappa shape index (κ3) is 3.55. The number of carbonyl (C=O) groups excluding carboxylic acids is 1. The molecule has 0 unspecified atom stereocenters. The molecule has 5 heteroatoms. The Morgan fingerprint density at radius 1 is 1.39 bits per heavy atom. The molecule has 1 aromatic heterocycles. The van der Waals surface area contributed by atoms with Crippen molar-refractivity contribution in [2.45, 2.75) is 32.2 Å². The van der Waals surface area contributed by atoms with Gasteiger partial charge in [-0.05, 0) is 36.5 Å². The van der Waals surface area contributed by atoms with Gasteiger partial charge in [-0.25, -0.2) is 4.39 Å². The Morgan fingerprint density at radius 2 is 2.26 bits per heavy atom. The number of amides is 1. The maximum Gasteiger partial charge on any atom is 0.223 e. The Balaban J connectivity index is 1.71. The first-order valence-electron chi connectivity index (χ1n) is 7.95. The van der Waals surface area contributed by atoms with Crippen molar-refractivity contribution in [3.05, 3.63) is 59.9 Å². The van der Waals surface area contributed by atoms with E-state index in [4.69, 9.17) is 0 Å². The molecule has 0 saturated carbocycles. The average Bonchev–Trinajstić information content (AvgIpc) is 2.95. The molecule has 2 atom stereocenters. The van der Waals surface area contributed by atoms with Crippen LogP contribution in [0.3, 0.4) is 0 Å². The van der Waals surface area contributed by atoms with Gasteiger partial charge in [0.1, 0.15) is 5.82 Å². The van der Waals surface area contributed by atoms with Crippen LogP contribution in [0, 0.1) is 11.7 Å². The summed E-state index contributed by atoms with van der Waals surface area (Å²) in [5, 5.41) is 0. The fraction of sp³-hybridized carbons (Fsp3) is 0.389. The average molecular weight is 313 g/mol. The van der Waals surface area contributed by atoms with Crippen LogP contribution >= 0.6 is 0 Å². The molecule has 1 aliphatic rings. The van der Waals surface area contributed by atoms with E-state index >= 15 is 0 Å². The molecule has 0 bridgehead atoms. The van der Waals surface area contributed by atoms with E-state index < -0.39 is 0 Å².